The number of benzene rings is 1. The van der Waals surface area contributed by atoms with E-state index in [2.05, 4.69) is 16.7 Å². The molecule has 1 aromatic heterocycles. The lowest BCUT2D eigenvalue weighted by atomic mass is 10.2. The Morgan fingerprint density at radius 3 is 2.90 bits per heavy atom. The van der Waals surface area contributed by atoms with Crippen molar-refractivity contribution in [2.24, 2.45) is 0 Å². The fourth-order valence-corrected chi connectivity index (χ4v) is 3.75. The zero-order valence-corrected chi connectivity index (χ0v) is 13.6. The molecule has 1 heterocycles. The van der Waals surface area contributed by atoms with Crippen molar-refractivity contribution in [2.75, 3.05) is 12.4 Å². The van der Waals surface area contributed by atoms with Gasteiger partial charge in [-0.2, -0.15) is 0 Å². The minimum atomic E-state index is 0. The molecule has 0 spiro atoms. The van der Waals surface area contributed by atoms with Crippen molar-refractivity contribution in [1.82, 2.24) is 5.32 Å². The van der Waals surface area contributed by atoms with Gasteiger partial charge in [0.05, 0.1) is 4.88 Å². The second-order valence-electron chi connectivity index (χ2n) is 5.10. The summed E-state index contributed by atoms with van der Waals surface area (Å²) in [6, 6.07) is 10.0. The first-order chi connectivity index (χ1) is 9.76. The Hall–Kier alpha value is -1.36. The number of fused-ring (bicyclic) bond motifs is 1. The van der Waals surface area contributed by atoms with Gasteiger partial charge < -0.3 is 10.6 Å². The van der Waals surface area contributed by atoms with Gasteiger partial charge in [0.15, 0.2) is 0 Å². The van der Waals surface area contributed by atoms with Gasteiger partial charge in [-0.25, -0.2) is 0 Å². The maximum Gasteiger partial charge on any atom is 0.265 e. The molecule has 1 aliphatic carbocycles. The van der Waals surface area contributed by atoms with E-state index in [-0.39, 0.29) is 18.3 Å². The van der Waals surface area contributed by atoms with Crippen LogP contribution in [-0.2, 0) is 19.4 Å². The lowest BCUT2D eigenvalue weighted by Crippen LogP contribution is -2.11. The van der Waals surface area contributed by atoms with Crippen LogP contribution in [0.25, 0.3) is 0 Å². The van der Waals surface area contributed by atoms with Crippen LogP contribution in [-0.4, -0.2) is 13.0 Å². The lowest BCUT2D eigenvalue weighted by molar-refractivity contribution is 0.103. The van der Waals surface area contributed by atoms with Crippen molar-refractivity contribution in [3.63, 3.8) is 0 Å². The molecule has 0 fully saturated rings. The molecule has 1 aliphatic rings. The van der Waals surface area contributed by atoms with Gasteiger partial charge >= 0.3 is 0 Å². The van der Waals surface area contributed by atoms with Crippen molar-refractivity contribution < 1.29 is 4.79 Å². The van der Waals surface area contributed by atoms with Gasteiger partial charge in [0, 0.05) is 17.1 Å². The number of thiophene rings is 1. The second kappa shape index (κ2) is 7.07. The minimum Gasteiger partial charge on any atom is -0.321 e. The number of halogens is 1. The van der Waals surface area contributed by atoms with Gasteiger partial charge in [-0.3, -0.25) is 4.79 Å². The Balaban J connectivity index is 0.00000161. The van der Waals surface area contributed by atoms with Crippen LogP contribution in [0, 0.1) is 0 Å². The molecule has 0 unspecified atom stereocenters. The Morgan fingerprint density at radius 2 is 2.14 bits per heavy atom. The maximum absolute atomic E-state index is 12.3. The van der Waals surface area contributed by atoms with E-state index < -0.39 is 0 Å². The van der Waals surface area contributed by atoms with Gasteiger partial charge in [-0.1, -0.05) is 12.1 Å². The first-order valence-corrected chi connectivity index (χ1v) is 7.74. The average Bonchev–Trinajstić information content (AvgIpc) is 3.00. The molecule has 3 rings (SSSR count). The highest BCUT2D eigenvalue weighted by atomic mass is 35.5. The summed E-state index contributed by atoms with van der Waals surface area (Å²) in [5, 5.41) is 6.10. The van der Waals surface area contributed by atoms with Crippen LogP contribution in [0.5, 0.6) is 0 Å². The molecule has 5 heteroatoms. The van der Waals surface area contributed by atoms with Crippen molar-refractivity contribution in [1.29, 1.82) is 0 Å². The summed E-state index contributed by atoms with van der Waals surface area (Å²) in [7, 11) is 1.92. The molecule has 1 aromatic carbocycles. The molecule has 0 radical (unpaired) electrons. The fourth-order valence-electron chi connectivity index (χ4n) is 2.60. The quantitative estimate of drug-likeness (QED) is 0.902. The van der Waals surface area contributed by atoms with Crippen LogP contribution in [0.2, 0.25) is 0 Å². The van der Waals surface area contributed by atoms with E-state index in [9.17, 15) is 4.79 Å². The third kappa shape index (κ3) is 3.64. The van der Waals surface area contributed by atoms with Gasteiger partial charge in [-0.15, -0.1) is 23.7 Å². The Morgan fingerprint density at radius 1 is 1.29 bits per heavy atom. The molecular formula is C16H19ClN2OS. The molecule has 21 heavy (non-hydrogen) atoms. The van der Waals surface area contributed by atoms with Crippen molar-refractivity contribution >= 4 is 35.3 Å². The normalized spacial score (nSPS) is 12.6. The van der Waals surface area contributed by atoms with Gasteiger partial charge in [0.25, 0.3) is 5.91 Å². The molecule has 112 valence electrons. The van der Waals surface area contributed by atoms with E-state index >= 15 is 0 Å². The van der Waals surface area contributed by atoms with Crippen LogP contribution in [0.1, 0.15) is 32.1 Å². The number of amides is 1. The monoisotopic (exact) mass is 322 g/mol. The van der Waals surface area contributed by atoms with E-state index in [1.807, 2.05) is 31.3 Å². The predicted octanol–water partition coefficient (Wildman–Crippen LogP) is 3.63. The zero-order valence-electron chi connectivity index (χ0n) is 11.9. The van der Waals surface area contributed by atoms with Gasteiger partial charge in [0.2, 0.25) is 0 Å². The van der Waals surface area contributed by atoms with E-state index in [0.29, 0.717) is 0 Å². The van der Waals surface area contributed by atoms with Crippen molar-refractivity contribution in [3.8, 4) is 0 Å². The van der Waals surface area contributed by atoms with Crippen LogP contribution < -0.4 is 10.6 Å². The van der Waals surface area contributed by atoms with Crippen LogP contribution >= 0.6 is 23.7 Å². The second-order valence-corrected chi connectivity index (χ2v) is 6.23. The minimum absolute atomic E-state index is 0. The average molecular weight is 323 g/mol. The number of rotatable bonds is 4. The Labute approximate surface area is 135 Å². The third-order valence-corrected chi connectivity index (χ3v) is 4.77. The maximum atomic E-state index is 12.3. The molecule has 0 saturated carbocycles. The van der Waals surface area contributed by atoms with E-state index in [0.717, 1.165) is 30.0 Å². The Kier molecular flexibility index (Phi) is 5.39. The summed E-state index contributed by atoms with van der Waals surface area (Å²) < 4.78 is 0. The summed E-state index contributed by atoms with van der Waals surface area (Å²) in [5.74, 6) is 0.00556. The highest BCUT2D eigenvalue weighted by molar-refractivity contribution is 7.14. The molecular weight excluding hydrogens is 304 g/mol. The van der Waals surface area contributed by atoms with E-state index in [4.69, 9.17) is 0 Å². The topological polar surface area (TPSA) is 41.1 Å². The fraction of sp³-hybridized carbons (Fsp3) is 0.312. The number of nitrogens with one attached hydrogen (secondary N) is 2. The summed E-state index contributed by atoms with van der Waals surface area (Å²) in [4.78, 5) is 14.5. The molecule has 0 aliphatic heterocycles. The van der Waals surface area contributed by atoms with Gasteiger partial charge in [0.1, 0.15) is 0 Å². The molecule has 3 nitrogen and oxygen atoms in total. The molecule has 2 aromatic rings. The van der Waals surface area contributed by atoms with Crippen molar-refractivity contribution in [3.05, 3.63) is 51.2 Å². The molecule has 1 amide bonds. The first kappa shape index (κ1) is 16.0. The van der Waals surface area contributed by atoms with Crippen LogP contribution in [0.3, 0.4) is 0 Å². The van der Waals surface area contributed by atoms with Gasteiger partial charge in [-0.05, 0) is 55.6 Å². The predicted molar refractivity (Wildman–Crippen MR) is 90.8 cm³/mol. The van der Waals surface area contributed by atoms with E-state index in [1.165, 1.54) is 22.4 Å². The number of aryl methyl sites for hydroxylation is 2. The molecule has 0 bridgehead atoms. The van der Waals surface area contributed by atoms with Crippen LogP contribution in [0.15, 0.2) is 30.3 Å². The number of hydrogen-bond acceptors (Lipinski definition) is 3. The summed E-state index contributed by atoms with van der Waals surface area (Å²) in [6.07, 6.45) is 3.48. The summed E-state index contributed by atoms with van der Waals surface area (Å²) in [5.41, 5.74) is 3.39. The highest BCUT2D eigenvalue weighted by Crippen LogP contribution is 2.31. The summed E-state index contributed by atoms with van der Waals surface area (Å²) >= 11 is 1.64. The van der Waals surface area contributed by atoms with Crippen molar-refractivity contribution in [2.45, 2.75) is 25.8 Å². The zero-order chi connectivity index (χ0) is 13.9. The number of hydrogen-bond donors (Lipinski definition) is 2. The molecule has 2 N–H and O–H groups in total. The third-order valence-electron chi connectivity index (χ3n) is 3.54. The molecule has 0 atom stereocenters. The SMILES string of the molecule is CNCc1cccc(NC(=O)c2cc3c(s2)CCC3)c1.Cl. The first-order valence-electron chi connectivity index (χ1n) is 6.93. The molecule has 0 saturated heterocycles. The lowest BCUT2D eigenvalue weighted by Gasteiger charge is -2.06. The van der Waals surface area contributed by atoms with Crippen LogP contribution in [0.4, 0.5) is 5.69 Å². The standard InChI is InChI=1S/C16H18N2OS.ClH/c1-17-10-11-4-2-6-13(8-11)18-16(19)15-9-12-5-3-7-14(12)20-15;/h2,4,6,8-9,17H,3,5,7,10H2,1H3,(H,18,19);1H. The highest BCUT2D eigenvalue weighted by Gasteiger charge is 2.18. The summed E-state index contributed by atoms with van der Waals surface area (Å²) in [6.45, 7) is 0.803. The van der Waals surface area contributed by atoms with E-state index in [1.54, 1.807) is 11.3 Å². The largest absolute Gasteiger partial charge is 0.321 e. The number of carbonyl (C=O) groups excluding carboxylic acids is 1. The smallest absolute Gasteiger partial charge is 0.265 e. The Bertz CT molecular complexity index is 617. The number of anilines is 1. The number of carbonyl (C=O) groups is 1.